The molecular weight excluding hydrogens is 222 g/mol. The fourth-order valence-corrected chi connectivity index (χ4v) is 3.87. The van der Waals surface area contributed by atoms with Crippen LogP contribution in [-0.4, -0.2) is 25.3 Å². The number of rotatable bonds is 4. The molecule has 2 nitrogen and oxygen atoms in total. The first-order valence-corrected chi connectivity index (χ1v) is 7.99. The summed E-state index contributed by atoms with van der Waals surface area (Å²) in [7, 11) is 1.87. The van der Waals surface area contributed by atoms with Gasteiger partial charge in [0.25, 0.3) is 0 Å². The lowest BCUT2D eigenvalue weighted by Gasteiger charge is -2.26. The summed E-state index contributed by atoms with van der Waals surface area (Å²) in [5.41, 5.74) is 0. The third kappa shape index (κ3) is 3.71. The van der Waals surface area contributed by atoms with Gasteiger partial charge in [0.15, 0.2) is 0 Å². The molecule has 0 heterocycles. The average molecular weight is 253 g/mol. The number of hydrogen-bond acceptors (Lipinski definition) is 2. The maximum atomic E-state index is 5.59. The van der Waals surface area contributed by atoms with Crippen molar-refractivity contribution in [3.63, 3.8) is 0 Å². The van der Waals surface area contributed by atoms with Crippen molar-refractivity contribution >= 4 is 0 Å². The summed E-state index contributed by atoms with van der Waals surface area (Å²) in [4.78, 5) is 0. The van der Waals surface area contributed by atoms with Crippen molar-refractivity contribution in [2.75, 3.05) is 7.11 Å². The molecule has 4 unspecified atom stereocenters. The SMILES string of the molecule is COC1CCCC1NC1CCCC(C(C)C)CC1. The third-order valence-corrected chi connectivity index (χ3v) is 5.16. The summed E-state index contributed by atoms with van der Waals surface area (Å²) in [6, 6.07) is 1.37. The minimum absolute atomic E-state index is 0.467. The van der Waals surface area contributed by atoms with E-state index in [0.717, 1.165) is 17.9 Å². The Hall–Kier alpha value is -0.0800. The van der Waals surface area contributed by atoms with E-state index in [9.17, 15) is 0 Å². The number of methoxy groups -OCH3 is 1. The van der Waals surface area contributed by atoms with Crippen LogP contribution in [0.5, 0.6) is 0 Å². The summed E-state index contributed by atoms with van der Waals surface area (Å²) in [6.45, 7) is 4.77. The number of nitrogens with one attached hydrogen (secondary N) is 1. The van der Waals surface area contributed by atoms with Gasteiger partial charge in [-0.1, -0.05) is 26.7 Å². The molecule has 4 atom stereocenters. The van der Waals surface area contributed by atoms with E-state index in [2.05, 4.69) is 19.2 Å². The predicted molar refractivity (Wildman–Crippen MR) is 76.8 cm³/mol. The van der Waals surface area contributed by atoms with Gasteiger partial charge in [-0.25, -0.2) is 0 Å². The molecule has 0 aromatic rings. The molecule has 18 heavy (non-hydrogen) atoms. The maximum Gasteiger partial charge on any atom is 0.0724 e. The molecular formula is C16H31NO. The zero-order valence-electron chi connectivity index (χ0n) is 12.5. The molecule has 2 rings (SSSR count). The second-order valence-corrected chi connectivity index (χ2v) is 6.69. The Morgan fingerprint density at radius 2 is 1.72 bits per heavy atom. The van der Waals surface area contributed by atoms with Gasteiger partial charge in [-0.3, -0.25) is 0 Å². The van der Waals surface area contributed by atoms with E-state index in [4.69, 9.17) is 4.74 Å². The highest BCUT2D eigenvalue weighted by atomic mass is 16.5. The van der Waals surface area contributed by atoms with E-state index in [-0.39, 0.29) is 0 Å². The first kappa shape index (κ1) is 14.3. The molecule has 2 fully saturated rings. The fourth-order valence-electron chi connectivity index (χ4n) is 3.87. The summed E-state index contributed by atoms with van der Waals surface area (Å²) in [5, 5.41) is 3.89. The monoisotopic (exact) mass is 253 g/mol. The molecule has 2 saturated carbocycles. The van der Waals surface area contributed by atoms with Gasteiger partial charge in [0.05, 0.1) is 6.10 Å². The van der Waals surface area contributed by atoms with Crippen LogP contribution in [0.25, 0.3) is 0 Å². The van der Waals surface area contributed by atoms with Crippen LogP contribution in [-0.2, 0) is 4.74 Å². The predicted octanol–water partition coefficient (Wildman–Crippen LogP) is 3.75. The van der Waals surface area contributed by atoms with E-state index in [0.29, 0.717) is 12.1 Å². The van der Waals surface area contributed by atoms with Gasteiger partial charge < -0.3 is 10.1 Å². The van der Waals surface area contributed by atoms with Crippen molar-refractivity contribution in [2.24, 2.45) is 11.8 Å². The van der Waals surface area contributed by atoms with Gasteiger partial charge in [-0.15, -0.1) is 0 Å². The van der Waals surface area contributed by atoms with Crippen LogP contribution in [0.4, 0.5) is 0 Å². The molecule has 1 N–H and O–H groups in total. The van der Waals surface area contributed by atoms with Gasteiger partial charge in [0, 0.05) is 19.2 Å². The Labute approximate surface area is 113 Å². The van der Waals surface area contributed by atoms with Gasteiger partial charge in [0.2, 0.25) is 0 Å². The smallest absolute Gasteiger partial charge is 0.0724 e. The van der Waals surface area contributed by atoms with Crippen molar-refractivity contribution in [3.8, 4) is 0 Å². The Kier molecular flexibility index (Phi) is 5.50. The van der Waals surface area contributed by atoms with Gasteiger partial charge >= 0.3 is 0 Å². The van der Waals surface area contributed by atoms with E-state index in [1.54, 1.807) is 0 Å². The highest BCUT2D eigenvalue weighted by molar-refractivity contribution is 4.87. The highest BCUT2D eigenvalue weighted by Crippen LogP contribution is 2.30. The second kappa shape index (κ2) is 6.91. The Morgan fingerprint density at radius 1 is 0.944 bits per heavy atom. The quantitative estimate of drug-likeness (QED) is 0.771. The summed E-state index contributed by atoms with van der Waals surface area (Å²) >= 11 is 0. The Bertz CT molecular complexity index is 241. The molecule has 2 heteroatoms. The van der Waals surface area contributed by atoms with Crippen molar-refractivity contribution in [3.05, 3.63) is 0 Å². The minimum Gasteiger partial charge on any atom is -0.380 e. The van der Waals surface area contributed by atoms with E-state index < -0.39 is 0 Å². The van der Waals surface area contributed by atoms with Crippen LogP contribution in [0.1, 0.15) is 65.2 Å². The zero-order chi connectivity index (χ0) is 13.0. The number of ether oxygens (including phenoxy) is 1. The molecule has 0 spiro atoms. The van der Waals surface area contributed by atoms with Crippen LogP contribution in [0.2, 0.25) is 0 Å². The maximum absolute atomic E-state index is 5.59. The molecule has 0 aliphatic heterocycles. The van der Waals surface area contributed by atoms with Crippen molar-refractivity contribution in [1.29, 1.82) is 0 Å². The lowest BCUT2D eigenvalue weighted by atomic mass is 9.89. The normalized spacial score (nSPS) is 38.0. The largest absolute Gasteiger partial charge is 0.380 e. The molecule has 0 bridgehead atoms. The molecule has 0 saturated heterocycles. The molecule has 0 radical (unpaired) electrons. The van der Waals surface area contributed by atoms with Crippen LogP contribution < -0.4 is 5.32 Å². The third-order valence-electron chi connectivity index (χ3n) is 5.16. The van der Waals surface area contributed by atoms with Gasteiger partial charge in [0.1, 0.15) is 0 Å². The van der Waals surface area contributed by atoms with Crippen LogP contribution >= 0.6 is 0 Å². The second-order valence-electron chi connectivity index (χ2n) is 6.69. The lowest BCUT2D eigenvalue weighted by molar-refractivity contribution is 0.0803. The van der Waals surface area contributed by atoms with E-state index in [1.165, 1.54) is 51.4 Å². The topological polar surface area (TPSA) is 21.3 Å². The minimum atomic E-state index is 0.467. The van der Waals surface area contributed by atoms with Gasteiger partial charge in [-0.05, 0) is 50.4 Å². The van der Waals surface area contributed by atoms with Crippen LogP contribution in [0.3, 0.4) is 0 Å². The summed E-state index contributed by atoms with van der Waals surface area (Å²) in [5.74, 6) is 1.82. The van der Waals surface area contributed by atoms with Crippen LogP contribution in [0.15, 0.2) is 0 Å². The lowest BCUT2D eigenvalue weighted by Crippen LogP contribution is -2.43. The standard InChI is InChI=1S/C16H31NO/c1-12(2)13-6-4-7-14(11-10-13)17-15-8-5-9-16(15)18-3/h12-17H,4-11H2,1-3H3. The van der Waals surface area contributed by atoms with Crippen molar-refractivity contribution in [1.82, 2.24) is 5.32 Å². The summed E-state index contributed by atoms with van der Waals surface area (Å²) < 4.78 is 5.59. The molecule has 2 aliphatic rings. The molecule has 106 valence electrons. The number of hydrogen-bond donors (Lipinski definition) is 1. The van der Waals surface area contributed by atoms with Crippen molar-refractivity contribution in [2.45, 2.75) is 83.4 Å². The van der Waals surface area contributed by atoms with E-state index >= 15 is 0 Å². The Morgan fingerprint density at radius 3 is 2.44 bits per heavy atom. The van der Waals surface area contributed by atoms with Gasteiger partial charge in [-0.2, -0.15) is 0 Å². The molecule has 2 aliphatic carbocycles. The zero-order valence-corrected chi connectivity index (χ0v) is 12.5. The highest BCUT2D eigenvalue weighted by Gasteiger charge is 2.30. The van der Waals surface area contributed by atoms with E-state index in [1.807, 2.05) is 7.11 Å². The fraction of sp³-hybridized carbons (Fsp3) is 1.00. The average Bonchev–Trinajstić information content (AvgIpc) is 2.65. The summed E-state index contributed by atoms with van der Waals surface area (Å²) in [6.07, 6.45) is 11.4. The first-order valence-electron chi connectivity index (χ1n) is 7.99. The first-order chi connectivity index (χ1) is 8.70. The molecule has 0 amide bonds. The van der Waals surface area contributed by atoms with Crippen LogP contribution in [0, 0.1) is 11.8 Å². The molecule has 0 aromatic carbocycles. The Balaban J connectivity index is 1.79. The van der Waals surface area contributed by atoms with Crippen molar-refractivity contribution < 1.29 is 4.74 Å². The molecule has 0 aromatic heterocycles.